The van der Waals surface area contributed by atoms with Gasteiger partial charge in [0.05, 0.1) is 0 Å². The molecule has 0 fully saturated rings. The topological polar surface area (TPSA) is 12.4 Å². The summed E-state index contributed by atoms with van der Waals surface area (Å²) in [5.41, 5.74) is 0.609. The molecule has 0 radical (unpaired) electrons. The number of hydrogen-bond donors (Lipinski definition) is 0. The van der Waals surface area contributed by atoms with Crippen molar-refractivity contribution in [2.75, 3.05) is 0 Å². The van der Waals surface area contributed by atoms with E-state index in [0.29, 0.717) is 5.17 Å². The highest BCUT2D eigenvalue weighted by Crippen LogP contribution is 2.43. The van der Waals surface area contributed by atoms with E-state index in [0.717, 1.165) is 5.57 Å². The standard InChI is InChI=1S/C6H5Br2Cl2N/c1-3-2-4(9)11-5(10)6(3,7)8/h2,5H,1H3. The van der Waals surface area contributed by atoms with Gasteiger partial charge in [-0.2, -0.15) is 0 Å². The average Bonchev–Trinajstić information content (AvgIpc) is 1.84. The van der Waals surface area contributed by atoms with E-state index >= 15 is 0 Å². The van der Waals surface area contributed by atoms with E-state index in [2.05, 4.69) is 36.9 Å². The number of halogens is 4. The fraction of sp³-hybridized carbons (Fsp3) is 0.500. The van der Waals surface area contributed by atoms with Gasteiger partial charge < -0.3 is 0 Å². The van der Waals surface area contributed by atoms with Crippen LogP contribution in [0.2, 0.25) is 0 Å². The van der Waals surface area contributed by atoms with E-state index < -0.39 is 8.73 Å². The Morgan fingerprint density at radius 3 is 2.64 bits per heavy atom. The van der Waals surface area contributed by atoms with Gasteiger partial charge in [0.25, 0.3) is 0 Å². The summed E-state index contributed by atoms with van der Waals surface area (Å²) >= 11 is 18.4. The monoisotopic (exact) mass is 319 g/mol. The van der Waals surface area contributed by atoms with Gasteiger partial charge in [-0.05, 0) is 18.6 Å². The van der Waals surface area contributed by atoms with Gasteiger partial charge in [-0.1, -0.05) is 55.1 Å². The molecule has 0 aliphatic carbocycles. The average molecular weight is 322 g/mol. The van der Waals surface area contributed by atoms with E-state index in [1.165, 1.54) is 0 Å². The van der Waals surface area contributed by atoms with Gasteiger partial charge >= 0.3 is 0 Å². The number of alkyl halides is 3. The second-order valence-corrected chi connectivity index (χ2v) is 6.60. The Kier molecular flexibility index (Phi) is 3.07. The maximum Gasteiger partial charge on any atom is 0.154 e. The van der Waals surface area contributed by atoms with E-state index in [-0.39, 0.29) is 0 Å². The molecule has 0 aromatic rings. The molecule has 0 aromatic heterocycles. The van der Waals surface area contributed by atoms with Crippen LogP contribution in [0.4, 0.5) is 0 Å². The summed E-state index contributed by atoms with van der Waals surface area (Å²) in [5, 5.41) is 0.442. The molecule has 0 N–H and O–H groups in total. The maximum absolute atomic E-state index is 5.89. The van der Waals surface area contributed by atoms with Crippen molar-refractivity contribution in [3.05, 3.63) is 11.6 Å². The zero-order valence-electron chi connectivity index (χ0n) is 5.61. The highest BCUT2D eigenvalue weighted by atomic mass is 79.9. The largest absolute Gasteiger partial charge is 0.251 e. The van der Waals surface area contributed by atoms with Crippen LogP contribution in [0.5, 0.6) is 0 Å². The van der Waals surface area contributed by atoms with E-state index in [9.17, 15) is 0 Å². The highest BCUT2D eigenvalue weighted by molar-refractivity contribution is 9.25. The Labute approximate surface area is 92.1 Å². The van der Waals surface area contributed by atoms with Crippen molar-refractivity contribution in [3.63, 3.8) is 0 Å². The van der Waals surface area contributed by atoms with Gasteiger partial charge in [-0.15, -0.1) is 0 Å². The second kappa shape index (κ2) is 3.36. The molecule has 1 unspecified atom stereocenters. The van der Waals surface area contributed by atoms with Crippen LogP contribution in [-0.2, 0) is 0 Å². The fourth-order valence-corrected chi connectivity index (χ4v) is 1.71. The van der Waals surface area contributed by atoms with E-state index in [1.807, 2.05) is 6.92 Å². The van der Waals surface area contributed by atoms with Crippen LogP contribution in [0.25, 0.3) is 0 Å². The third-order valence-corrected chi connectivity index (χ3v) is 4.67. The molecular formula is C6H5Br2Cl2N. The summed E-state index contributed by atoms with van der Waals surface area (Å²) in [6.45, 7) is 1.93. The summed E-state index contributed by atoms with van der Waals surface area (Å²) in [7, 11) is 0. The van der Waals surface area contributed by atoms with Crippen LogP contribution in [0.3, 0.4) is 0 Å². The first-order valence-corrected chi connectivity index (χ1v) is 5.28. The van der Waals surface area contributed by atoms with Gasteiger partial charge in [0, 0.05) is 0 Å². The van der Waals surface area contributed by atoms with Gasteiger partial charge in [-0.3, -0.25) is 4.99 Å². The minimum Gasteiger partial charge on any atom is -0.251 e. The smallest absolute Gasteiger partial charge is 0.154 e. The second-order valence-electron chi connectivity index (χ2n) is 2.24. The molecule has 0 bridgehead atoms. The third kappa shape index (κ3) is 2.00. The number of aliphatic imine (C=N–C) groups is 1. The van der Waals surface area contributed by atoms with E-state index in [1.54, 1.807) is 6.08 Å². The lowest BCUT2D eigenvalue weighted by molar-refractivity contribution is 0.863. The maximum atomic E-state index is 5.89. The third-order valence-electron chi connectivity index (χ3n) is 1.40. The molecule has 1 heterocycles. The quantitative estimate of drug-likeness (QED) is 0.477. The number of rotatable bonds is 0. The Balaban J connectivity index is 3.01. The van der Waals surface area contributed by atoms with Crippen LogP contribution < -0.4 is 0 Å². The van der Waals surface area contributed by atoms with Crippen molar-refractivity contribution >= 4 is 60.2 Å². The van der Waals surface area contributed by atoms with Crippen molar-refractivity contribution in [2.45, 2.75) is 15.7 Å². The molecule has 5 heteroatoms. The van der Waals surface area contributed by atoms with Gasteiger partial charge in [-0.25, -0.2) is 0 Å². The SMILES string of the molecule is CC1=CC(Cl)=NC(Cl)C1(Br)Br. The van der Waals surface area contributed by atoms with Gasteiger partial charge in [0.2, 0.25) is 0 Å². The molecule has 1 aliphatic rings. The van der Waals surface area contributed by atoms with Crippen molar-refractivity contribution in [2.24, 2.45) is 4.99 Å². The first-order chi connectivity index (χ1) is 4.94. The van der Waals surface area contributed by atoms with Gasteiger partial charge in [0.15, 0.2) is 5.50 Å². The molecule has 0 saturated carbocycles. The van der Waals surface area contributed by atoms with Crippen molar-refractivity contribution in [3.8, 4) is 0 Å². The summed E-state index contributed by atoms with van der Waals surface area (Å²) in [6, 6.07) is 0. The van der Waals surface area contributed by atoms with Crippen molar-refractivity contribution in [1.82, 2.24) is 0 Å². The molecule has 0 spiro atoms. The molecule has 0 amide bonds. The first-order valence-electron chi connectivity index (χ1n) is 2.88. The Morgan fingerprint density at radius 2 is 2.18 bits per heavy atom. The summed E-state index contributed by atoms with van der Waals surface area (Å²) in [6.07, 6.45) is 1.77. The number of nitrogens with zero attached hydrogens (tertiary/aromatic N) is 1. The first kappa shape index (κ1) is 10.0. The van der Waals surface area contributed by atoms with Crippen molar-refractivity contribution in [1.29, 1.82) is 0 Å². The number of allylic oxidation sites excluding steroid dienone is 1. The molecule has 62 valence electrons. The minimum atomic E-state index is -0.444. The van der Waals surface area contributed by atoms with Crippen LogP contribution in [0, 0.1) is 0 Å². The number of hydrogen-bond acceptors (Lipinski definition) is 1. The molecular weight excluding hydrogens is 317 g/mol. The Hall–Kier alpha value is 0.950. The predicted octanol–water partition coefficient (Wildman–Crippen LogP) is 3.63. The predicted molar refractivity (Wildman–Crippen MR) is 57.3 cm³/mol. The molecule has 11 heavy (non-hydrogen) atoms. The zero-order chi connectivity index (χ0) is 8.65. The molecule has 1 nitrogen and oxygen atoms in total. The van der Waals surface area contributed by atoms with Crippen LogP contribution in [-0.4, -0.2) is 13.9 Å². The lowest BCUT2D eigenvalue weighted by Gasteiger charge is -2.27. The Bertz CT molecular complexity index is 235. The van der Waals surface area contributed by atoms with Gasteiger partial charge in [0.1, 0.15) is 8.40 Å². The lowest BCUT2D eigenvalue weighted by Crippen LogP contribution is -2.28. The minimum absolute atomic E-state index is 0.403. The summed E-state index contributed by atoms with van der Waals surface area (Å²) in [4.78, 5) is 3.96. The molecule has 1 atom stereocenters. The van der Waals surface area contributed by atoms with Crippen LogP contribution in [0.1, 0.15) is 6.92 Å². The summed E-state index contributed by atoms with van der Waals surface area (Å²) in [5.74, 6) is 0. The highest BCUT2D eigenvalue weighted by Gasteiger charge is 2.36. The molecule has 1 rings (SSSR count). The Morgan fingerprint density at radius 1 is 1.64 bits per heavy atom. The van der Waals surface area contributed by atoms with Crippen LogP contribution >= 0.6 is 55.1 Å². The zero-order valence-corrected chi connectivity index (χ0v) is 10.3. The van der Waals surface area contributed by atoms with Crippen LogP contribution in [0.15, 0.2) is 16.6 Å². The fourth-order valence-electron chi connectivity index (χ4n) is 0.689. The molecule has 1 aliphatic heterocycles. The normalized spacial score (nSPS) is 29.4. The lowest BCUT2D eigenvalue weighted by atomic mass is 10.2. The van der Waals surface area contributed by atoms with Crippen molar-refractivity contribution < 1.29 is 0 Å². The number of dihydropyridines is 1. The molecule has 0 saturated heterocycles. The molecule has 0 aromatic carbocycles. The van der Waals surface area contributed by atoms with E-state index in [4.69, 9.17) is 23.2 Å². The summed E-state index contributed by atoms with van der Waals surface area (Å²) < 4.78 is -0.444.